The predicted octanol–water partition coefficient (Wildman–Crippen LogP) is 1.30. The third-order valence-electron chi connectivity index (χ3n) is 3.31. The maximum atomic E-state index is 12.4. The van der Waals surface area contributed by atoms with E-state index in [2.05, 4.69) is 10.3 Å². The molecule has 0 fully saturated rings. The number of pyridine rings is 1. The summed E-state index contributed by atoms with van der Waals surface area (Å²) in [4.78, 5) is 15.8. The Balaban J connectivity index is 2.02. The van der Waals surface area contributed by atoms with Crippen LogP contribution >= 0.6 is 0 Å². The fourth-order valence-corrected chi connectivity index (χ4v) is 3.20. The van der Waals surface area contributed by atoms with E-state index in [1.807, 2.05) is 0 Å². The van der Waals surface area contributed by atoms with Gasteiger partial charge in [-0.3, -0.25) is 9.78 Å². The van der Waals surface area contributed by atoms with Crippen LogP contribution in [0.1, 0.15) is 10.4 Å². The molecule has 2 aromatic rings. The number of carbonyl (C=O) groups is 1. The Bertz CT molecular complexity index is 806. The summed E-state index contributed by atoms with van der Waals surface area (Å²) in [6.07, 6.45) is 2.99. The summed E-state index contributed by atoms with van der Waals surface area (Å²) in [5.74, 6) is 0.209. The van der Waals surface area contributed by atoms with Gasteiger partial charge in [0.25, 0.3) is 5.91 Å². The van der Waals surface area contributed by atoms with Crippen LogP contribution in [0, 0.1) is 0 Å². The number of ether oxygens (including phenoxy) is 2. The van der Waals surface area contributed by atoms with Crippen molar-refractivity contribution in [1.82, 2.24) is 10.3 Å². The first-order valence-corrected chi connectivity index (χ1v) is 8.76. The molecule has 8 heteroatoms. The molecule has 0 saturated heterocycles. The van der Waals surface area contributed by atoms with E-state index in [1.165, 1.54) is 44.8 Å². The number of amides is 1. The molecule has 1 aromatic carbocycles. The Morgan fingerprint density at radius 3 is 2.38 bits per heavy atom. The molecule has 24 heavy (non-hydrogen) atoms. The summed E-state index contributed by atoms with van der Waals surface area (Å²) < 4.78 is 34.9. The number of carbonyl (C=O) groups excluding carboxylic acids is 1. The summed E-state index contributed by atoms with van der Waals surface area (Å²) in [5, 5.41) is 2.57. The van der Waals surface area contributed by atoms with E-state index < -0.39 is 9.84 Å². The van der Waals surface area contributed by atoms with Crippen molar-refractivity contribution in [3.63, 3.8) is 0 Å². The third-order valence-corrected chi connectivity index (χ3v) is 5.03. The van der Waals surface area contributed by atoms with Crippen molar-refractivity contribution < 1.29 is 22.7 Å². The van der Waals surface area contributed by atoms with Crippen LogP contribution < -0.4 is 14.8 Å². The van der Waals surface area contributed by atoms with Gasteiger partial charge in [0.2, 0.25) is 0 Å². The van der Waals surface area contributed by atoms with Crippen LogP contribution in [0.3, 0.4) is 0 Å². The van der Waals surface area contributed by atoms with E-state index in [4.69, 9.17) is 9.47 Å². The second-order valence-corrected chi connectivity index (χ2v) is 6.94. The van der Waals surface area contributed by atoms with Gasteiger partial charge in [-0.2, -0.15) is 0 Å². The predicted molar refractivity (Wildman–Crippen MR) is 88.2 cm³/mol. The van der Waals surface area contributed by atoms with E-state index in [0.29, 0.717) is 17.1 Å². The van der Waals surface area contributed by atoms with Gasteiger partial charge in [-0.25, -0.2) is 8.42 Å². The Labute approximate surface area is 140 Å². The van der Waals surface area contributed by atoms with E-state index in [0.717, 1.165) is 0 Å². The van der Waals surface area contributed by atoms with E-state index in [1.54, 1.807) is 12.1 Å². The Kier molecular flexibility index (Phi) is 5.75. The van der Waals surface area contributed by atoms with Crippen molar-refractivity contribution in [2.45, 2.75) is 4.90 Å². The van der Waals surface area contributed by atoms with Crippen molar-refractivity contribution in [2.75, 3.05) is 26.5 Å². The Morgan fingerprint density at radius 1 is 1.08 bits per heavy atom. The van der Waals surface area contributed by atoms with Crippen LogP contribution in [0.4, 0.5) is 0 Å². The Morgan fingerprint density at radius 2 is 1.75 bits per heavy atom. The molecule has 7 nitrogen and oxygen atoms in total. The molecule has 0 unspecified atom stereocenters. The van der Waals surface area contributed by atoms with E-state index in [-0.39, 0.29) is 23.1 Å². The summed E-state index contributed by atoms with van der Waals surface area (Å²) in [5.41, 5.74) is 0.425. The van der Waals surface area contributed by atoms with Crippen LogP contribution in [0.25, 0.3) is 0 Å². The topological polar surface area (TPSA) is 94.6 Å². The van der Waals surface area contributed by atoms with Crippen molar-refractivity contribution in [1.29, 1.82) is 0 Å². The van der Waals surface area contributed by atoms with Crippen LogP contribution in [-0.4, -0.2) is 45.8 Å². The fraction of sp³-hybridized carbons (Fsp3) is 0.250. The number of sulfone groups is 1. The number of nitrogens with one attached hydrogen (secondary N) is 1. The van der Waals surface area contributed by atoms with Gasteiger partial charge in [-0.05, 0) is 24.3 Å². The van der Waals surface area contributed by atoms with Gasteiger partial charge in [0, 0.05) is 30.6 Å². The molecule has 128 valence electrons. The van der Waals surface area contributed by atoms with Gasteiger partial charge >= 0.3 is 0 Å². The van der Waals surface area contributed by atoms with Crippen molar-refractivity contribution in [2.24, 2.45) is 0 Å². The molecular weight excluding hydrogens is 332 g/mol. The van der Waals surface area contributed by atoms with Gasteiger partial charge in [0.1, 0.15) is 0 Å². The first kappa shape index (κ1) is 17.7. The monoisotopic (exact) mass is 350 g/mol. The highest BCUT2D eigenvalue weighted by Crippen LogP contribution is 2.29. The second kappa shape index (κ2) is 7.78. The highest BCUT2D eigenvalue weighted by molar-refractivity contribution is 7.91. The minimum atomic E-state index is -3.56. The lowest BCUT2D eigenvalue weighted by Gasteiger charge is -2.10. The van der Waals surface area contributed by atoms with Crippen LogP contribution in [0.15, 0.2) is 47.6 Å². The lowest BCUT2D eigenvalue weighted by molar-refractivity contribution is 0.0956. The molecule has 0 spiro atoms. The highest BCUT2D eigenvalue weighted by Gasteiger charge is 2.17. The summed E-state index contributed by atoms with van der Waals surface area (Å²) >= 11 is 0. The highest BCUT2D eigenvalue weighted by atomic mass is 32.2. The number of methoxy groups -OCH3 is 2. The molecule has 0 saturated carbocycles. The summed E-state index contributed by atoms with van der Waals surface area (Å²) in [7, 11) is -0.652. The van der Waals surface area contributed by atoms with Gasteiger partial charge in [0.05, 0.1) is 24.9 Å². The minimum absolute atomic E-state index is 0.00215. The van der Waals surface area contributed by atoms with E-state index >= 15 is 0 Å². The Hall–Kier alpha value is -2.61. The average molecular weight is 350 g/mol. The number of benzene rings is 1. The van der Waals surface area contributed by atoms with Crippen molar-refractivity contribution >= 4 is 15.7 Å². The molecule has 0 aliphatic rings. The molecule has 0 radical (unpaired) electrons. The van der Waals surface area contributed by atoms with Crippen LogP contribution in [0.5, 0.6) is 11.5 Å². The summed E-state index contributed by atoms with van der Waals surface area (Å²) in [6, 6.07) is 7.48. The number of aromatic nitrogens is 1. The molecule has 1 amide bonds. The maximum absolute atomic E-state index is 12.4. The maximum Gasteiger partial charge on any atom is 0.251 e. The molecule has 2 rings (SSSR count). The largest absolute Gasteiger partial charge is 0.493 e. The molecule has 1 N–H and O–H groups in total. The molecular formula is C16H18N2O5S. The van der Waals surface area contributed by atoms with Gasteiger partial charge < -0.3 is 14.8 Å². The summed E-state index contributed by atoms with van der Waals surface area (Å²) in [6.45, 7) is -0.00215. The fourth-order valence-electron chi connectivity index (χ4n) is 2.03. The molecule has 0 bridgehead atoms. The minimum Gasteiger partial charge on any atom is -0.493 e. The second-order valence-electron chi connectivity index (χ2n) is 4.83. The molecule has 0 atom stereocenters. The molecule has 1 aromatic heterocycles. The quantitative estimate of drug-likeness (QED) is 0.809. The normalized spacial score (nSPS) is 10.9. The smallest absolute Gasteiger partial charge is 0.251 e. The zero-order valence-electron chi connectivity index (χ0n) is 13.4. The molecule has 0 aliphatic carbocycles. The van der Waals surface area contributed by atoms with Gasteiger partial charge in [-0.1, -0.05) is 0 Å². The number of hydrogen-bond acceptors (Lipinski definition) is 6. The van der Waals surface area contributed by atoms with E-state index in [9.17, 15) is 13.2 Å². The number of rotatable bonds is 7. The average Bonchev–Trinajstić information content (AvgIpc) is 2.61. The van der Waals surface area contributed by atoms with Crippen LogP contribution in [0.2, 0.25) is 0 Å². The molecule has 0 aliphatic heterocycles. The lowest BCUT2D eigenvalue weighted by atomic mass is 10.2. The standard InChI is InChI=1S/C16H18N2O5S/c1-22-14-4-3-13(11-15(14)23-2)24(20,21)10-9-18-16(19)12-5-7-17-8-6-12/h3-8,11H,9-10H2,1-2H3,(H,18,19). The first-order valence-electron chi connectivity index (χ1n) is 7.11. The van der Waals surface area contributed by atoms with Gasteiger partial charge in [0.15, 0.2) is 21.3 Å². The molecule has 1 heterocycles. The number of hydrogen-bond donors (Lipinski definition) is 1. The van der Waals surface area contributed by atoms with Crippen LogP contribution in [-0.2, 0) is 9.84 Å². The van der Waals surface area contributed by atoms with Crippen molar-refractivity contribution in [3.8, 4) is 11.5 Å². The van der Waals surface area contributed by atoms with Gasteiger partial charge in [-0.15, -0.1) is 0 Å². The SMILES string of the molecule is COc1ccc(S(=O)(=O)CCNC(=O)c2ccncc2)cc1OC. The zero-order chi connectivity index (χ0) is 17.6. The van der Waals surface area contributed by atoms with Crippen molar-refractivity contribution in [3.05, 3.63) is 48.3 Å². The number of nitrogens with zero attached hydrogens (tertiary/aromatic N) is 1. The zero-order valence-corrected chi connectivity index (χ0v) is 14.2. The lowest BCUT2D eigenvalue weighted by Crippen LogP contribution is -2.29. The third kappa shape index (κ3) is 4.23. The first-order chi connectivity index (χ1) is 11.5.